The molecule has 2 fully saturated rings. The lowest BCUT2D eigenvalue weighted by Crippen LogP contribution is -2.45. The molecule has 2 heteroatoms. The number of likely N-dealkylation sites (tertiary alicyclic amines) is 1. The molecule has 0 aromatic heterocycles. The summed E-state index contributed by atoms with van der Waals surface area (Å²) in [5.74, 6) is 1.95. The summed E-state index contributed by atoms with van der Waals surface area (Å²) < 4.78 is 0. The molecule has 13 heavy (non-hydrogen) atoms. The highest BCUT2D eigenvalue weighted by molar-refractivity contribution is 4.89. The Kier molecular flexibility index (Phi) is 4.20. The molecule has 2 unspecified atom stereocenters. The van der Waals surface area contributed by atoms with Gasteiger partial charge in [0, 0.05) is 19.1 Å². The van der Waals surface area contributed by atoms with Gasteiger partial charge in [-0.25, -0.2) is 0 Å². The first-order valence-electron chi connectivity index (χ1n) is 5.70. The van der Waals surface area contributed by atoms with Crippen molar-refractivity contribution in [3.63, 3.8) is 0 Å². The molecule has 1 heterocycles. The van der Waals surface area contributed by atoms with Crippen molar-refractivity contribution in [1.29, 1.82) is 0 Å². The van der Waals surface area contributed by atoms with Gasteiger partial charge in [0.15, 0.2) is 0 Å². The fourth-order valence-corrected chi connectivity index (χ4v) is 2.32. The summed E-state index contributed by atoms with van der Waals surface area (Å²) >= 11 is 0. The van der Waals surface area contributed by atoms with Gasteiger partial charge in [-0.3, -0.25) is 0 Å². The van der Waals surface area contributed by atoms with Crippen LogP contribution in [0.5, 0.6) is 0 Å². The quantitative estimate of drug-likeness (QED) is 0.672. The molecule has 2 aliphatic rings. The van der Waals surface area contributed by atoms with E-state index in [-0.39, 0.29) is 0 Å². The van der Waals surface area contributed by atoms with Gasteiger partial charge in [0.05, 0.1) is 0 Å². The average molecular weight is 184 g/mol. The predicted octanol–water partition coefficient (Wildman–Crippen LogP) is 1.70. The van der Waals surface area contributed by atoms with Gasteiger partial charge < -0.3 is 10.6 Å². The van der Waals surface area contributed by atoms with Crippen LogP contribution in [0.1, 0.15) is 33.1 Å². The molecule has 1 saturated heterocycles. The largest absolute Gasteiger partial charge is 0.327 e. The Morgan fingerprint density at radius 3 is 2.15 bits per heavy atom. The molecule has 78 valence electrons. The first kappa shape index (κ1) is 11.0. The zero-order valence-electron chi connectivity index (χ0n) is 9.29. The number of piperidine rings is 1. The zero-order valence-corrected chi connectivity index (χ0v) is 9.29. The second kappa shape index (κ2) is 4.97. The summed E-state index contributed by atoms with van der Waals surface area (Å²) in [5.41, 5.74) is 5.94. The number of likely N-dealkylation sites (N-methyl/N-ethyl adjacent to an activating group) is 1. The van der Waals surface area contributed by atoms with E-state index in [2.05, 4.69) is 11.9 Å². The molecule has 0 radical (unpaired) electrons. The Hall–Kier alpha value is -0.0800. The van der Waals surface area contributed by atoms with Crippen LogP contribution in [0.15, 0.2) is 0 Å². The molecular weight excluding hydrogens is 160 g/mol. The summed E-state index contributed by atoms with van der Waals surface area (Å²) in [6.45, 7) is 6.39. The van der Waals surface area contributed by atoms with Crippen LogP contribution in [-0.4, -0.2) is 31.1 Å². The highest BCUT2D eigenvalue weighted by atomic mass is 15.1. The smallest absolute Gasteiger partial charge is 0.0170 e. The minimum absolute atomic E-state index is 0.444. The molecule has 2 rings (SSSR count). The zero-order chi connectivity index (χ0) is 9.84. The molecule has 0 aromatic carbocycles. The van der Waals surface area contributed by atoms with E-state index in [9.17, 15) is 0 Å². The second-order valence-corrected chi connectivity index (χ2v) is 4.31. The summed E-state index contributed by atoms with van der Waals surface area (Å²) in [4.78, 5) is 2.39. The molecular formula is C11H24N2. The predicted molar refractivity (Wildman–Crippen MR) is 57.7 cm³/mol. The maximum absolute atomic E-state index is 5.94. The van der Waals surface area contributed by atoms with Crippen molar-refractivity contribution in [2.24, 2.45) is 17.6 Å². The van der Waals surface area contributed by atoms with Gasteiger partial charge in [-0.2, -0.15) is 0 Å². The van der Waals surface area contributed by atoms with E-state index in [1.54, 1.807) is 0 Å². The lowest BCUT2D eigenvalue weighted by molar-refractivity contribution is 0.173. The van der Waals surface area contributed by atoms with Crippen LogP contribution < -0.4 is 5.73 Å². The highest BCUT2D eigenvalue weighted by Crippen LogP contribution is 2.40. The van der Waals surface area contributed by atoms with Crippen LogP contribution in [0.4, 0.5) is 0 Å². The van der Waals surface area contributed by atoms with Crippen LogP contribution in [0.2, 0.25) is 0 Å². The third-order valence-electron chi connectivity index (χ3n) is 2.99. The van der Waals surface area contributed by atoms with Crippen LogP contribution in [0.25, 0.3) is 0 Å². The van der Waals surface area contributed by atoms with Crippen molar-refractivity contribution < 1.29 is 0 Å². The van der Waals surface area contributed by atoms with E-state index in [1.165, 1.54) is 25.8 Å². The molecule has 1 aliphatic heterocycles. The second-order valence-electron chi connectivity index (χ2n) is 4.31. The minimum atomic E-state index is 0.444. The van der Waals surface area contributed by atoms with Crippen molar-refractivity contribution in [2.45, 2.75) is 39.2 Å². The van der Waals surface area contributed by atoms with E-state index in [1.807, 2.05) is 13.8 Å². The Bertz CT molecular complexity index is 133. The van der Waals surface area contributed by atoms with Gasteiger partial charge in [-0.05, 0) is 38.1 Å². The van der Waals surface area contributed by atoms with Gasteiger partial charge in [0.25, 0.3) is 0 Å². The monoisotopic (exact) mass is 184 g/mol. The summed E-state index contributed by atoms with van der Waals surface area (Å²) in [7, 11) is 2.19. The van der Waals surface area contributed by atoms with E-state index in [0.29, 0.717) is 6.04 Å². The Morgan fingerprint density at radius 1 is 1.08 bits per heavy atom. The number of nitrogens with zero attached hydrogens (tertiary/aromatic N) is 1. The van der Waals surface area contributed by atoms with Gasteiger partial charge in [0.2, 0.25) is 0 Å². The molecule has 2 N–H and O–H groups in total. The third kappa shape index (κ3) is 3.28. The average Bonchev–Trinajstić information content (AvgIpc) is 2.88. The summed E-state index contributed by atoms with van der Waals surface area (Å²) in [6.07, 6.45) is 4.20. The Morgan fingerprint density at radius 2 is 1.69 bits per heavy atom. The Balaban J connectivity index is 0.000000396. The van der Waals surface area contributed by atoms with Crippen molar-refractivity contribution in [3.05, 3.63) is 0 Å². The Labute approximate surface area is 82.5 Å². The van der Waals surface area contributed by atoms with Crippen molar-refractivity contribution in [3.8, 4) is 0 Å². The maximum atomic E-state index is 5.94. The lowest BCUT2D eigenvalue weighted by atomic mass is 9.91. The third-order valence-corrected chi connectivity index (χ3v) is 2.99. The van der Waals surface area contributed by atoms with Gasteiger partial charge in [0.1, 0.15) is 0 Å². The van der Waals surface area contributed by atoms with Gasteiger partial charge in [-0.15, -0.1) is 0 Å². The molecule has 0 spiro atoms. The van der Waals surface area contributed by atoms with Crippen LogP contribution >= 0.6 is 0 Å². The maximum Gasteiger partial charge on any atom is 0.0170 e. The number of rotatable bonds is 1. The van der Waals surface area contributed by atoms with Crippen molar-refractivity contribution in [2.75, 3.05) is 20.1 Å². The van der Waals surface area contributed by atoms with Crippen LogP contribution in [0, 0.1) is 11.8 Å². The minimum Gasteiger partial charge on any atom is -0.327 e. The van der Waals surface area contributed by atoms with E-state index < -0.39 is 0 Å². The first-order chi connectivity index (χ1) is 6.25. The topological polar surface area (TPSA) is 29.3 Å². The van der Waals surface area contributed by atoms with E-state index in [4.69, 9.17) is 5.73 Å². The van der Waals surface area contributed by atoms with Crippen LogP contribution in [0.3, 0.4) is 0 Å². The highest BCUT2D eigenvalue weighted by Gasteiger charge is 2.35. The molecule has 0 aromatic rings. The van der Waals surface area contributed by atoms with Crippen molar-refractivity contribution in [1.82, 2.24) is 4.90 Å². The van der Waals surface area contributed by atoms with Crippen molar-refractivity contribution >= 4 is 0 Å². The lowest BCUT2D eigenvalue weighted by Gasteiger charge is -2.33. The normalized spacial score (nSPS) is 35.1. The standard InChI is InChI=1S/C9H18N2.C2H6/c1-11-5-8(7-2-3-7)4-9(10)6-11;1-2/h7-9H,2-6,10H2,1H3;1-2H3. The van der Waals surface area contributed by atoms with E-state index in [0.717, 1.165) is 18.4 Å². The van der Waals surface area contributed by atoms with Gasteiger partial charge >= 0.3 is 0 Å². The van der Waals surface area contributed by atoms with Crippen LogP contribution in [-0.2, 0) is 0 Å². The summed E-state index contributed by atoms with van der Waals surface area (Å²) in [5, 5.41) is 0. The molecule has 1 saturated carbocycles. The molecule has 0 bridgehead atoms. The summed E-state index contributed by atoms with van der Waals surface area (Å²) in [6, 6.07) is 0.444. The molecule has 0 amide bonds. The fourth-order valence-electron chi connectivity index (χ4n) is 2.32. The fraction of sp³-hybridized carbons (Fsp3) is 1.00. The molecule has 2 nitrogen and oxygen atoms in total. The number of hydrogen-bond donors (Lipinski definition) is 1. The molecule has 2 atom stereocenters. The van der Waals surface area contributed by atoms with Gasteiger partial charge in [-0.1, -0.05) is 13.8 Å². The number of nitrogens with two attached hydrogens (primary N) is 1. The van der Waals surface area contributed by atoms with E-state index >= 15 is 0 Å². The molecule has 1 aliphatic carbocycles. The SMILES string of the molecule is CC.CN1CC(N)CC(C2CC2)C1. The first-order valence-corrected chi connectivity index (χ1v) is 5.70. The number of hydrogen-bond acceptors (Lipinski definition) is 2.